The summed E-state index contributed by atoms with van der Waals surface area (Å²) in [7, 11) is -3.78. The van der Waals surface area contributed by atoms with Crippen LogP contribution in [0.3, 0.4) is 0 Å². The fourth-order valence-corrected chi connectivity index (χ4v) is 4.77. The first kappa shape index (κ1) is 28.0. The van der Waals surface area contributed by atoms with E-state index in [0.29, 0.717) is 33.4 Å². The Morgan fingerprint density at radius 2 is 1.79 bits per heavy atom. The average Bonchev–Trinajstić information content (AvgIpc) is 2.76. The fraction of sp³-hybridized carbons (Fsp3) is 0.417. The molecule has 0 unspecified atom stereocenters. The smallest absolute Gasteiger partial charge is 0.244 e. The van der Waals surface area contributed by atoms with Crippen LogP contribution in [0.2, 0.25) is 10.0 Å². The monoisotopic (exact) mass is 527 g/mol. The number of nitrogens with one attached hydrogen (secondary N) is 1. The van der Waals surface area contributed by atoms with Gasteiger partial charge in [0.05, 0.1) is 11.9 Å². The largest absolute Gasteiger partial charge is 0.354 e. The first-order chi connectivity index (χ1) is 16.0. The van der Waals surface area contributed by atoms with Gasteiger partial charge in [0, 0.05) is 23.1 Å². The van der Waals surface area contributed by atoms with Gasteiger partial charge in [-0.2, -0.15) is 0 Å². The highest BCUT2D eigenvalue weighted by Gasteiger charge is 2.30. The van der Waals surface area contributed by atoms with Gasteiger partial charge in [0.25, 0.3) is 0 Å². The number of hydrogen-bond acceptors (Lipinski definition) is 4. The summed E-state index contributed by atoms with van der Waals surface area (Å²) in [6.45, 7) is 5.44. The maximum absolute atomic E-state index is 13.5. The second-order valence-electron chi connectivity index (χ2n) is 8.13. The molecular weight excluding hydrogens is 497 g/mol. The van der Waals surface area contributed by atoms with E-state index < -0.39 is 28.5 Å². The third-order valence-corrected chi connectivity index (χ3v) is 7.13. The van der Waals surface area contributed by atoms with Gasteiger partial charge in [-0.05, 0) is 49.6 Å². The van der Waals surface area contributed by atoms with E-state index in [9.17, 15) is 18.0 Å². The number of anilines is 1. The van der Waals surface area contributed by atoms with Crippen molar-refractivity contribution in [2.45, 2.75) is 46.2 Å². The Bertz CT molecular complexity index is 1120. The van der Waals surface area contributed by atoms with E-state index in [0.717, 1.165) is 23.4 Å². The Hall–Kier alpha value is -2.29. The third kappa shape index (κ3) is 7.61. The quantitative estimate of drug-likeness (QED) is 0.438. The van der Waals surface area contributed by atoms with Gasteiger partial charge >= 0.3 is 0 Å². The Morgan fingerprint density at radius 1 is 1.12 bits per heavy atom. The Labute approximate surface area is 212 Å². The van der Waals surface area contributed by atoms with Crippen LogP contribution in [0.4, 0.5) is 5.69 Å². The number of benzene rings is 2. The zero-order valence-corrected chi connectivity index (χ0v) is 22.2. The van der Waals surface area contributed by atoms with Crippen molar-refractivity contribution in [2.24, 2.45) is 0 Å². The van der Waals surface area contributed by atoms with Crippen molar-refractivity contribution < 1.29 is 18.0 Å². The summed E-state index contributed by atoms with van der Waals surface area (Å²) >= 11 is 12.3. The van der Waals surface area contributed by atoms with Crippen LogP contribution in [0, 0.1) is 6.92 Å². The van der Waals surface area contributed by atoms with Crippen molar-refractivity contribution in [3.63, 3.8) is 0 Å². The Morgan fingerprint density at radius 3 is 2.38 bits per heavy atom. The summed E-state index contributed by atoms with van der Waals surface area (Å²) in [6, 6.07) is 10.9. The van der Waals surface area contributed by atoms with E-state index in [-0.39, 0.29) is 12.5 Å². The minimum Gasteiger partial charge on any atom is -0.354 e. The van der Waals surface area contributed by atoms with E-state index in [1.165, 1.54) is 4.90 Å². The van der Waals surface area contributed by atoms with E-state index >= 15 is 0 Å². The number of nitrogens with zero attached hydrogens (tertiary/aromatic N) is 2. The number of amides is 2. The second kappa shape index (κ2) is 12.4. The number of carbonyl (C=O) groups is 2. The van der Waals surface area contributed by atoms with Gasteiger partial charge in [-0.15, -0.1) is 0 Å². The predicted octanol–water partition coefficient (Wildman–Crippen LogP) is 4.40. The normalized spacial score (nSPS) is 12.2. The predicted molar refractivity (Wildman–Crippen MR) is 138 cm³/mol. The van der Waals surface area contributed by atoms with E-state index in [1.807, 2.05) is 6.92 Å². The molecule has 0 bridgehead atoms. The summed E-state index contributed by atoms with van der Waals surface area (Å²) in [6.07, 6.45) is 2.77. The van der Waals surface area contributed by atoms with E-state index in [1.54, 1.807) is 56.3 Å². The summed E-state index contributed by atoms with van der Waals surface area (Å²) in [5.41, 5.74) is 1.70. The molecule has 2 aromatic rings. The van der Waals surface area contributed by atoms with Gasteiger partial charge < -0.3 is 10.2 Å². The average molecular weight is 529 g/mol. The van der Waals surface area contributed by atoms with Crippen LogP contribution in [0.5, 0.6) is 0 Å². The first-order valence-corrected chi connectivity index (χ1v) is 13.6. The van der Waals surface area contributed by atoms with Gasteiger partial charge in [0.15, 0.2) is 0 Å². The molecule has 0 spiro atoms. The number of carbonyl (C=O) groups excluding carboxylic acids is 2. The minimum atomic E-state index is -3.78. The number of para-hydroxylation sites is 1. The molecule has 0 aliphatic heterocycles. The fourth-order valence-electron chi connectivity index (χ4n) is 3.39. The number of aryl methyl sites for hydroxylation is 1. The van der Waals surface area contributed by atoms with E-state index in [4.69, 9.17) is 23.2 Å². The molecule has 10 heteroatoms. The molecular formula is C24H31Cl2N3O4S. The topological polar surface area (TPSA) is 86.8 Å². The number of unbranched alkanes of at least 4 members (excludes halogenated alkanes) is 1. The molecule has 2 aromatic carbocycles. The molecule has 2 rings (SSSR count). The van der Waals surface area contributed by atoms with Crippen LogP contribution >= 0.6 is 23.2 Å². The summed E-state index contributed by atoms with van der Waals surface area (Å²) in [5, 5.41) is 3.63. The molecule has 0 saturated carbocycles. The molecule has 34 heavy (non-hydrogen) atoms. The van der Waals surface area contributed by atoms with Crippen molar-refractivity contribution >= 4 is 50.7 Å². The molecule has 0 saturated heterocycles. The first-order valence-electron chi connectivity index (χ1n) is 11.0. The van der Waals surface area contributed by atoms with Crippen LogP contribution in [0.15, 0.2) is 42.5 Å². The SMILES string of the molecule is CCCCNC(=O)[C@@H](C)N(Cc1ccc(Cl)cc1Cl)C(=O)CN(c1ccccc1C)S(C)(=O)=O. The highest BCUT2D eigenvalue weighted by atomic mass is 35.5. The maximum Gasteiger partial charge on any atom is 0.244 e. The van der Waals surface area contributed by atoms with Crippen molar-refractivity contribution in [1.82, 2.24) is 10.2 Å². The maximum atomic E-state index is 13.5. The minimum absolute atomic E-state index is 0.0164. The molecule has 0 aliphatic carbocycles. The van der Waals surface area contributed by atoms with Crippen molar-refractivity contribution in [3.05, 3.63) is 63.6 Å². The van der Waals surface area contributed by atoms with Gasteiger partial charge in [-0.1, -0.05) is 60.8 Å². The van der Waals surface area contributed by atoms with Crippen LogP contribution in [-0.2, 0) is 26.2 Å². The van der Waals surface area contributed by atoms with Gasteiger partial charge in [-0.3, -0.25) is 13.9 Å². The summed E-state index contributed by atoms with van der Waals surface area (Å²) in [4.78, 5) is 27.7. The van der Waals surface area contributed by atoms with E-state index in [2.05, 4.69) is 5.32 Å². The molecule has 2 amide bonds. The Balaban J connectivity index is 2.40. The lowest BCUT2D eigenvalue weighted by molar-refractivity contribution is -0.139. The molecule has 0 heterocycles. The van der Waals surface area contributed by atoms with Crippen LogP contribution in [-0.4, -0.2) is 50.5 Å². The standard InChI is InChI=1S/C24H31Cl2N3O4S/c1-5-6-13-27-24(31)18(3)28(15-19-11-12-20(25)14-21(19)26)23(30)16-29(34(4,32)33)22-10-8-7-9-17(22)2/h7-12,14,18H,5-6,13,15-16H2,1-4H3,(H,27,31)/t18-/m1/s1. The van der Waals surface area contributed by atoms with Crippen LogP contribution < -0.4 is 9.62 Å². The van der Waals surface area contributed by atoms with Crippen molar-refractivity contribution in [3.8, 4) is 0 Å². The molecule has 186 valence electrons. The molecule has 0 aliphatic rings. The van der Waals surface area contributed by atoms with Crippen molar-refractivity contribution in [2.75, 3.05) is 23.7 Å². The van der Waals surface area contributed by atoms with Crippen LogP contribution in [0.25, 0.3) is 0 Å². The lowest BCUT2D eigenvalue weighted by Gasteiger charge is -2.32. The number of hydrogen-bond donors (Lipinski definition) is 1. The molecule has 1 atom stereocenters. The second-order valence-corrected chi connectivity index (χ2v) is 10.9. The lowest BCUT2D eigenvalue weighted by atomic mass is 10.1. The molecule has 0 radical (unpaired) electrons. The zero-order valence-electron chi connectivity index (χ0n) is 19.8. The van der Waals surface area contributed by atoms with Gasteiger partial charge in [0.1, 0.15) is 12.6 Å². The number of rotatable bonds is 11. The third-order valence-electron chi connectivity index (χ3n) is 5.42. The summed E-state index contributed by atoms with van der Waals surface area (Å²) < 4.78 is 26.3. The molecule has 1 N–H and O–H groups in total. The van der Waals surface area contributed by atoms with Gasteiger partial charge in [-0.25, -0.2) is 8.42 Å². The number of sulfonamides is 1. The summed E-state index contributed by atoms with van der Waals surface area (Å²) in [5.74, 6) is -0.855. The zero-order chi connectivity index (χ0) is 25.5. The highest BCUT2D eigenvalue weighted by molar-refractivity contribution is 7.92. The molecule has 0 aromatic heterocycles. The number of halogens is 2. The lowest BCUT2D eigenvalue weighted by Crippen LogP contribution is -2.51. The molecule has 7 nitrogen and oxygen atoms in total. The molecule has 0 fully saturated rings. The van der Waals surface area contributed by atoms with Crippen molar-refractivity contribution in [1.29, 1.82) is 0 Å². The van der Waals surface area contributed by atoms with Gasteiger partial charge in [0.2, 0.25) is 21.8 Å². The highest BCUT2D eigenvalue weighted by Crippen LogP contribution is 2.25. The van der Waals surface area contributed by atoms with Crippen LogP contribution in [0.1, 0.15) is 37.8 Å². The Kier molecular flexibility index (Phi) is 10.2.